The summed E-state index contributed by atoms with van der Waals surface area (Å²) in [7, 11) is -2.13. The highest BCUT2D eigenvalue weighted by Gasteiger charge is 2.25. The quantitative estimate of drug-likeness (QED) is 0.610. The lowest BCUT2D eigenvalue weighted by Gasteiger charge is -2.21. The second kappa shape index (κ2) is 8.90. The molecule has 0 saturated carbocycles. The number of benzene rings is 2. The minimum atomic E-state index is -3.66. The van der Waals surface area contributed by atoms with Crippen molar-refractivity contribution in [1.82, 2.24) is 9.62 Å². The molecule has 2 aromatic carbocycles. The molecular weight excluding hydrogens is 404 g/mol. The van der Waals surface area contributed by atoms with Gasteiger partial charge in [0.2, 0.25) is 10.0 Å². The van der Waals surface area contributed by atoms with Gasteiger partial charge >= 0.3 is 0 Å². The smallest absolute Gasteiger partial charge is 0.252 e. The monoisotopic (exact) mass is 428 g/mol. The highest BCUT2D eigenvalue weighted by molar-refractivity contribution is 7.89. The number of rotatable bonds is 7. The number of hydrogen-bond donors (Lipinski definition) is 1. The molecule has 152 valence electrons. The van der Waals surface area contributed by atoms with Gasteiger partial charge in [0.1, 0.15) is 0 Å². The lowest BCUT2D eigenvalue weighted by Crippen LogP contribution is -2.33. The first-order valence-corrected chi connectivity index (χ1v) is 11.6. The molecule has 0 spiro atoms. The second-order valence-electron chi connectivity index (χ2n) is 6.98. The molecule has 0 aliphatic heterocycles. The van der Waals surface area contributed by atoms with Gasteiger partial charge in [-0.05, 0) is 49.1 Å². The molecule has 7 heteroatoms. The van der Waals surface area contributed by atoms with Crippen molar-refractivity contribution in [2.24, 2.45) is 0 Å². The summed E-state index contributed by atoms with van der Waals surface area (Å²) in [5.74, 6) is -0.323. The molecule has 1 atom stereocenters. The van der Waals surface area contributed by atoms with Crippen molar-refractivity contribution in [1.29, 1.82) is 0 Å². The lowest BCUT2D eigenvalue weighted by molar-refractivity contribution is 0.0943. The maximum Gasteiger partial charge on any atom is 0.252 e. The van der Waals surface area contributed by atoms with Crippen LogP contribution in [0.3, 0.4) is 0 Å². The Labute approximate surface area is 176 Å². The van der Waals surface area contributed by atoms with E-state index in [0.717, 1.165) is 10.4 Å². The third kappa shape index (κ3) is 4.75. The normalized spacial score (nSPS) is 12.9. The van der Waals surface area contributed by atoms with Gasteiger partial charge < -0.3 is 5.32 Å². The summed E-state index contributed by atoms with van der Waals surface area (Å²) in [6.07, 6.45) is 0. The van der Waals surface area contributed by atoms with Crippen LogP contribution in [-0.2, 0) is 10.0 Å². The molecule has 0 aliphatic rings. The standard InChI is InChI=1S/C22H24N2O3S2/c1-16(2)24(3)29(26,27)19-12-7-11-18(15-19)22(25)23-21(20-13-8-14-28-20)17-9-5-4-6-10-17/h4-16,21H,1-3H3,(H,23,25). The molecule has 0 radical (unpaired) electrons. The Morgan fingerprint density at radius 1 is 1.00 bits per heavy atom. The predicted octanol–water partition coefficient (Wildman–Crippen LogP) is 4.30. The molecule has 1 heterocycles. The fourth-order valence-electron chi connectivity index (χ4n) is 2.88. The third-order valence-electron chi connectivity index (χ3n) is 4.74. The number of thiophene rings is 1. The van der Waals surface area contributed by atoms with Gasteiger partial charge in [0, 0.05) is 23.5 Å². The summed E-state index contributed by atoms with van der Waals surface area (Å²) < 4.78 is 26.8. The highest BCUT2D eigenvalue weighted by Crippen LogP contribution is 2.26. The van der Waals surface area contributed by atoms with Crippen molar-refractivity contribution in [3.63, 3.8) is 0 Å². The lowest BCUT2D eigenvalue weighted by atomic mass is 10.0. The van der Waals surface area contributed by atoms with E-state index in [4.69, 9.17) is 0 Å². The van der Waals surface area contributed by atoms with Crippen molar-refractivity contribution >= 4 is 27.3 Å². The Hall–Kier alpha value is -2.48. The largest absolute Gasteiger partial charge is 0.340 e. The van der Waals surface area contributed by atoms with E-state index < -0.39 is 10.0 Å². The fraction of sp³-hybridized carbons (Fsp3) is 0.227. The van der Waals surface area contributed by atoms with E-state index in [1.165, 1.54) is 23.5 Å². The molecule has 1 amide bonds. The first kappa shape index (κ1) is 21.2. The van der Waals surface area contributed by atoms with Crippen LogP contribution in [0.1, 0.15) is 40.7 Å². The van der Waals surface area contributed by atoms with Crippen LogP contribution >= 0.6 is 11.3 Å². The summed E-state index contributed by atoms with van der Waals surface area (Å²) in [5, 5.41) is 5.01. The van der Waals surface area contributed by atoms with Gasteiger partial charge in [-0.2, -0.15) is 4.31 Å². The van der Waals surface area contributed by atoms with Crippen LogP contribution in [0.5, 0.6) is 0 Å². The average molecular weight is 429 g/mol. The van der Waals surface area contributed by atoms with E-state index in [2.05, 4.69) is 5.32 Å². The number of sulfonamides is 1. The molecule has 1 aromatic heterocycles. The van der Waals surface area contributed by atoms with Gasteiger partial charge in [0.25, 0.3) is 5.91 Å². The predicted molar refractivity (Wildman–Crippen MR) is 117 cm³/mol. The third-order valence-corrected chi connectivity index (χ3v) is 7.70. The van der Waals surface area contributed by atoms with Crippen LogP contribution in [-0.4, -0.2) is 31.7 Å². The zero-order chi connectivity index (χ0) is 21.0. The molecule has 3 aromatic rings. The Bertz CT molecular complexity index is 1060. The fourth-order valence-corrected chi connectivity index (χ4v) is 5.09. The van der Waals surface area contributed by atoms with E-state index in [1.54, 1.807) is 37.3 Å². The van der Waals surface area contributed by atoms with E-state index in [0.29, 0.717) is 5.56 Å². The molecule has 1 unspecified atom stereocenters. The zero-order valence-electron chi connectivity index (χ0n) is 16.6. The van der Waals surface area contributed by atoms with E-state index in [9.17, 15) is 13.2 Å². The van der Waals surface area contributed by atoms with Crippen molar-refractivity contribution in [2.75, 3.05) is 7.05 Å². The zero-order valence-corrected chi connectivity index (χ0v) is 18.2. The number of nitrogens with one attached hydrogen (secondary N) is 1. The number of carbonyl (C=O) groups excluding carboxylic acids is 1. The van der Waals surface area contributed by atoms with Crippen molar-refractivity contribution in [2.45, 2.75) is 30.8 Å². The Morgan fingerprint density at radius 3 is 2.34 bits per heavy atom. The number of hydrogen-bond acceptors (Lipinski definition) is 4. The highest BCUT2D eigenvalue weighted by atomic mass is 32.2. The van der Waals surface area contributed by atoms with Crippen LogP contribution in [0.4, 0.5) is 0 Å². The molecule has 0 bridgehead atoms. The first-order chi connectivity index (χ1) is 13.8. The Morgan fingerprint density at radius 2 is 1.72 bits per heavy atom. The molecular formula is C22H24N2O3S2. The minimum Gasteiger partial charge on any atom is -0.340 e. The summed E-state index contributed by atoms with van der Waals surface area (Å²) in [6, 6.07) is 19.3. The molecule has 0 aliphatic carbocycles. The molecule has 0 saturated heterocycles. The van der Waals surface area contributed by atoms with Crippen LogP contribution in [0.25, 0.3) is 0 Å². The van der Waals surface area contributed by atoms with Gasteiger partial charge in [-0.25, -0.2) is 8.42 Å². The molecule has 3 rings (SSSR count). The topological polar surface area (TPSA) is 66.5 Å². The molecule has 5 nitrogen and oxygen atoms in total. The Balaban J connectivity index is 1.90. The average Bonchev–Trinajstić information content (AvgIpc) is 3.26. The maximum absolute atomic E-state index is 13.0. The van der Waals surface area contributed by atoms with Crippen molar-refractivity contribution in [3.8, 4) is 0 Å². The van der Waals surface area contributed by atoms with Crippen molar-refractivity contribution in [3.05, 3.63) is 88.1 Å². The maximum atomic E-state index is 13.0. The van der Waals surface area contributed by atoms with Crippen molar-refractivity contribution < 1.29 is 13.2 Å². The summed E-state index contributed by atoms with van der Waals surface area (Å²) in [6.45, 7) is 3.61. The van der Waals surface area contributed by atoms with Crippen LogP contribution in [0.15, 0.2) is 77.0 Å². The van der Waals surface area contributed by atoms with Gasteiger partial charge in [-0.15, -0.1) is 11.3 Å². The van der Waals surface area contributed by atoms with Gasteiger partial charge in [0.05, 0.1) is 10.9 Å². The van der Waals surface area contributed by atoms with Gasteiger partial charge in [-0.3, -0.25) is 4.79 Å². The number of carbonyl (C=O) groups is 1. The van der Waals surface area contributed by atoms with E-state index in [1.807, 2.05) is 47.8 Å². The van der Waals surface area contributed by atoms with E-state index >= 15 is 0 Å². The SMILES string of the molecule is CC(C)N(C)S(=O)(=O)c1cccc(C(=O)NC(c2ccccc2)c2cccs2)c1. The van der Waals surface area contributed by atoms with Gasteiger partial charge in [0.15, 0.2) is 0 Å². The molecule has 0 fully saturated rings. The van der Waals surface area contributed by atoms with Crippen LogP contribution in [0.2, 0.25) is 0 Å². The molecule has 1 N–H and O–H groups in total. The number of amides is 1. The van der Waals surface area contributed by atoms with Crippen LogP contribution in [0, 0.1) is 0 Å². The van der Waals surface area contributed by atoms with Gasteiger partial charge in [-0.1, -0.05) is 42.5 Å². The van der Waals surface area contributed by atoms with Crippen LogP contribution < -0.4 is 5.32 Å². The van der Waals surface area contributed by atoms with E-state index in [-0.39, 0.29) is 22.9 Å². The summed E-state index contributed by atoms with van der Waals surface area (Å²) in [4.78, 5) is 14.1. The minimum absolute atomic E-state index is 0.105. The number of nitrogens with zero attached hydrogens (tertiary/aromatic N) is 1. The summed E-state index contributed by atoms with van der Waals surface area (Å²) in [5.41, 5.74) is 1.27. The first-order valence-electron chi connectivity index (χ1n) is 9.28. The summed E-state index contributed by atoms with van der Waals surface area (Å²) >= 11 is 1.56. The Kier molecular flexibility index (Phi) is 6.52. The molecule has 29 heavy (non-hydrogen) atoms. The second-order valence-corrected chi connectivity index (χ2v) is 9.95.